The monoisotopic (exact) mass is 289 g/mol. The number of carbonyl (C=O) groups is 1. The van der Waals surface area contributed by atoms with Crippen molar-refractivity contribution < 1.29 is 9.18 Å². The number of anilines is 2. The molecule has 4 nitrogen and oxygen atoms in total. The first kappa shape index (κ1) is 15.3. The Hall–Kier alpha value is -2.14. The van der Waals surface area contributed by atoms with E-state index in [0.29, 0.717) is 35.5 Å². The van der Waals surface area contributed by atoms with Gasteiger partial charge in [0.25, 0.3) is 0 Å². The van der Waals surface area contributed by atoms with E-state index < -0.39 is 0 Å². The number of fused-ring (bicyclic) bond motifs is 1. The lowest BCUT2D eigenvalue weighted by Gasteiger charge is -2.30. The largest absolute Gasteiger partial charge is 0.381 e. The fourth-order valence-electron chi connectivity index (χ4n) is 2.38. The Bertz CT molecular complexity index is 595. The van der Waals surface area contributed by atoms with Crippen molar-refractivity contribution in [3.05, 3.63) is 41.9 Å². The van der Waals surface area contributed by atoms with Crippen molar-refractivity contribution in [1.82, 2.24) is 0 Å². The first-order valence-corrected chi connectivity index (χ1v) is 7.03. The molecule has 3 N–H and O–H groups in total. The van der Waals surface area contributed by atoms with Gasteiger partial charge >= 0.3 is 0 Å². The van der Waals surface area contributed by atoms with Gasteiger partial charge in [-0.3, -0.25) is 4.79 Å². The van der Waals surface area contributed by atoms with Crippen molar-refractivity contribution >= 4 is 23.2 Å². The molecule has 0 unspecified atom stereocenters. The van der Waals surface area contributed by atoms with Gasteiger partial charge in [-0.2, -0.15) is 0 Å². The van der Waals surface area contributed by atoms with Crippen LogP contribution in [0.2, 0.25) is 0 Å². The SMILES string of the molecule is C=C1C(C=O)=CN(CCC)c2cc(NCCN)c(F)cc21. The number of rotatable bonds is 6. The Morgan fingerprint density at radius 1 is 1.48 bits per heavy atom. The summed E-state index contributed by atoms with van der Waals surface area (Å²) in [4.78, 5) is 13.1. The van der Waals surface area contributed by atoms with E-state index >= 15 is 0 Å². The molecule has 5 heteroatoms. The summed E-state index contributed by atoms with van der Waals surface area (Å²) in [6.45, 7) is 7.63. The molecule has 0 amide bonds. The van der Waals surface area contributed by atoms with Crippen molar-refractivity contribution in [2.24, 2.45) is 5.73 Å². The van der Waals surface area contributed by atoms with Crippen LogP contribution < -0.4 is 16.0 Å². The molecular formula is C16H20FN3O. The van der Waals surface area contributed by atoms with Gasteiger partial charge in [-0.05, 0) is 24.1 Å². The molecule has 1 aliphatic rings. The normalized spacial score (nSPS) is 13.8. The first-order chi connectivity index (χ1) is 10.1. The fraction of sp³-hybridized carbons (Fsp3) is 0.312. The third-order valence-corrected chi connectivity index (χ3v) is 3.41. The van der Waals surface area contributed by atoms with Crippen molar-refractivity contribution in [1.29, 1.82) is 0 Å². The molecule has 1 aromatic rings. The number of allylic oxidation sites excluding steroid dienone is 2. The van der Waals surface area contributed by atoms with E-state index in [1.807, 2.05) is 4.90 Å². The van der Waals surface area contributed by atoms with Crippen LogP contribution in [0.25, 0.3) is 5.57 Å². The zero-order chi connectivity index (χ0) is 15.4. The standard InChI is InChI=1S/C16H20FN3O/c1-3-6-20-9-12(10-21)11(2)13-7-14(17)15(8-16(13)20)19-5-4-18/h7-10,19H,2-6,18H2,1H3. The van der Waals surface area contributed by atoms with Crippen LogP contribution in [0.4, 0.5) is 15.8 Å². The molecule has 2 rings (SSSR count). The Morgan fingerprint density at radius 2 is 2.24 bits per heavy atom. The van der Waals surface area contributed by atoms with Gasteiger partial charge in [0.2, 0.25) is 0 Å². The zero-order valence-corrected chi connectivity index (χ0v) is 12.2. The van der Waals surface area contributed by atoms with Crippen LogP contribution in [-0.4, -0.2) is 25.9 Å². The average Bonchev–Trinajstić information content (AvgIpc) is 2.48. The third kappa shape index (κ3) is 2.97. The molecule has 1 aliphatic heterocycles. The predicted molar refractivity (Wildman–Crippen MR) is 84.8 cm³/mol. The number of nitrogens with two attached hydrogens (primary N) is 1. The van der Waals surface area contributed by atoms with Crippen LogP contribution in [0.1, 0.15) is 18.9 Å². The van der Waals surface area contributed by atoms with E-state index in [4.69, 9.17) is 5.73 Å². The number of halogens is 1. The highest BCUT2D eigenvalue weighted by Crippen LogP contribution is 2.38. The number of nitrogens with one attached hydrogen (secondary N) is 1. The van der Waals surface area contributed by atoms with Crippen LogP contribution >= 0.6 is 0 Å². The van der Waals surface area contributed by atoms with E-state index in [1.165, 1.54) is 6.07 Å². The van der Waals surface area contributed by atoms with Crippen LogP contribution in [0.15, 0.2) is 30.5 Å². The Labute approximate surface area is 124 Å². The predicted octanol–water partition coefficient (Wildman–Crippen LogP) is 2.52. The van der Waals surface area contributed by atoms with Gasteiger partial charge < -0.3 is 16.0 Å². The highest BCUT2D eigenvalue weighted by Gasteiger charge is 2.22. The molecule has 0 radical (unpaired) electrons. The summed E-state index contributed by atoms with van der Waals surface area (Å²) in [5.74, 6) is -0.369. The minimum atomic E-state index is -0.369. The van der Waals surface area contributed by atoms with Crippen LogP contribution in [-0.2, 0) is 4.79 Å². The molecule has 1 aromatic carbocycles. The number of hydrogen-bond donors (Lipinski definition) is 2. The first-order valence-electron chi connectivity index (χ1n) is 7.03. The average molecular weight is 289 g/mol. The van der Waals surface area contributed by atoms with Gasteiger partial charge in [0.15, 0.2) is 6.29 Å². The van der Waals surface area contributed by atoms with Gasteiger partial charge in [0.05, 0.1) is 11.4 Å². The molecule has 0 aliphatic carbocycles. The lowest BCUT2D eigenvalue weighted by molar-refractivity contribution is -0.104. The number of nitrogens with zero attached hydrogens (tertiary/aromatic N) is 1. The number of hydrogen-bond acceptors (Lipinski definition) is 4. The van der Waals surface area contributed by atoms with Gasteiger partial charge in [-0.1, -0.05) is 13.5 Å². The minimum absolute atomic E-state index is 0.369. The summed E-state index contributed by atoms with van der Waals surface area (Å²) in [5, 5.41) is 2.97. The molecular weight excluding hydrogens is 269 g/mol. The fourth-order valence-corrected chi connectivity index (χ4v) is 2.38. The summed E-state index contributed by atoms with van der Waals surface area (Å²) in [6, 6.07) is 3.18. The molecule has 0 aromatic heterocycles. The number of benzene rings is 1. The molecule has 0 saturated heterocycles. The second-order valence-corrected chi connectivity index (χ2v) is 4.94. The molecule has 0 bridgehead atoms. The second-order valence-electron chi connectivity index (χ2n) is 4.94. The Kier molecular flexibility index (Phi) is 4.75. The van der Waals surface area contributed by atoms with E-state index in [0.717, 1.165) is 24.9 Å². The molecule has 21 heavy (non-hydrogen) atoms. The summed E-state index contributed by atoms with van der Waals surface area (Å²) >= 11 is 0. The van der Waals surface area contributed by atoms with Gasteiger partial charge in [-0.15, -0.1) is 0 Å². The highest BCUT2D eigenvalue weighted by atomic mass is 19.1. The second kappa shape index (κ2) is 6.54. The third-order valence-electron chi connectivity index (χ3n) is 3.41. The van der Waals surface area contributed by atoms with E-state index in [1.54, 1.807) is 12.3 Å². The molecule has 1 heterocycles. The molecule has 0 spiro atoms. The maximum atomic E-state index is 14.1. The minimum Gasteiger partial charge on any atom is -0.381 e. The lowest BCUT2D eigenvalue weighted by atomic mass is 9.94. The molecule has 112 valence electrons. The maximum absolute atomic E-state index is 14.1. The molecule has 0 atom stereocenters. The topological polar surface area (TPSA) is 58.4 Å². The smallest absolute Gasteiger partial charge is 0.152 e. The van der Waals surface area contributed by atoms with Crippen molar-refractivity contribution in [3.63, 3.8) is 0 Å². The van der Waals surface area contributed by atoms with E-state index in [2.05, 4.69) is 18.8 Å². The Morgan fingerprint density at radius 3 is 2.86 bits per heavy atom. The van der Waals surface area contributed by atoms with E-state index in [-0.39, 0.29) is 5.82 Å². The van der Waals surface area contributed by atoms with E-state index in [9.17, 15) is 9.18 Å². The van der Waals surface area contributed by atoms with Gasteiger partial charge in [0, 0.05) is 37.0 Å². The summed E-state index contributed by atoms with van der Waals surface area (Å²) in [5.41, 5.74) is 8.40. The highest BCUT2D eigenvalue weighted by molar-refractivity contribution is 6.03. The van der Waals surface area contributed by atoms with Crippen molar-refractivity contribution in [2.75, 3.05) is 29.9 Å². The lowest BCUT2D eigenvalue weighted by Crippen LogP contribution is -2.23. The number of carbonyl (C=O) groups excluding carboxylic acids is 1. The summed E-state index contributed by atoms with van der Waals surface area (Å²) in [7, 11) is 0. The van der Waals surface area contributed by atoms with Gasteiger partial charge in [-0.25, -0.2) is 4.39 Å². The van der Waals surface area contributed by atoms with Crippen LogP contribution in [0.5, 0.6) is 0 Å². The summed E-state index contributed by atoms with van der Waals surface area (Å²) in [6.07, 6.45) is 3.44. The van der Waals surface area contributed by atoms with Crippen LogP contribution in [0.3, 0.4) is 0 Å². The molecule has 0 fully saturated rings. The van der Waals surface area contributed by atoms with Gasteiger partial charge in [0.1, 0.15) is 5.82 Å². The van der Waals surface area contributed by atoms with Crippen molar-refractivity contribution in [3.8, 4) is 0 Å². The zero-order valence-electron chi connectivity index (χ0n) is 12.2. The summed E-state index contributed by atoms with van der Waals surface area (Å²) < 4.78 is 14.1. The Balaban J connectivity index is 2.48. The molecule has 0 saturated carbocycles. The maximum Gasteiger partial charge on any atom is 0.152 e. The van der Waals surface area contributed by atoms with Crippen LogP contribution in [0, 0.1) is 5.82 Å². The quantitative estimate of drug-likeness (QED) is 0.790. The number of aldehydes is 1. The van der Waals surface area contributed by atoms with Crippen molar-refractivity contribution in [2.45, 2.75) is 13.3 Å².